The molecule has 2 heterocycles. The van der Waals surface area contributed by atoms with Crippen LogP contribution in [-0.2, 0) is 6.42 Å². The average molecular weight is 277 g/mol. The van der Waals surface area contributed by atoms with E-state index in [0.717, 1.165) is 30.6 Å². The molecule has 0 bridgehead atoms. The second-order valence-corrected chi connectivity index (χ2v) is 6.82. The highest BCUT2D eigenvalue weighted by Crippen LogP contribution is 2.38. The fourth-order valence-corrected chi connectivity index (χ4v) is 4.58. The molecule has 0 aromatic heterocycles. The van der Waals surface area contributed by atoms with Crippen molar-refractivity contribution in [2.45, 2.75) is 37.5 Å². The van der Waals surface area contributed by atoms with Crippen molar-refractivity contribution in [2.24, 2.45) is 0 Å². The SMILES string of the molecule is CC1SCCC1N1CCCc2c(C(=O)O)cccc21. The first kappa shape index (κ1) is 12.9. The average Bonchev–Trinajstić information content (AvgIpc) is 2.83. The molecular formula is C15H19NO2S. The molecule has 1 aromatic carbocycles. The van der Waals surface area contributed by atoms with Gasteiger partial charge in [0, 0.05) is 23.5 Å². The molecule has 3 rings (SSSR count). The smallest absolute Gasteiger partial charge is 0.336 e. The molecule has 4 heteroatoms. The first-order valence-corrected chi connectivity index (χ1v) is 7.97. The molecule has 0 spiro atoms. The standard InChI is InChI=1S/C15H19NO2S/c1-10-13(7-9-19-10)16-8-3-5-11-12(15(17)18)4-2-6-14(11)16/h2,4,6,10,13H,3,5,7-9H2,1H3,(H,17,18). The van der Waals surface area contributed by atoms with E-state index in [1.807, 2.05) is 17.8 Å². The predicted octanol–water partition coefficient (Wildman–Crippen LogP) is 3.03. The van der Waals surface area contributed by atoms with Crippen molar-refractivity contribution in [2.75, 3.05) is 17.2 Å². The predicted molar refractivity (Wildman–Crippen MR) is 79.4 cm³/mol. The molecule has 1 aromatic rings. The number of nitrogens with zero attached hydrogens (tertiary/aromatic N) is 1. The molecule has 102 valence electrons. The van der Waals surface area contributed by atoms with Crippen LogP contribution in [0.5, 0.6) is 0 Å². The summed E-state index contributed by atoms with van der Waals surface area (Å²) in [6.45, 7) is 3.35. The van der Waals surface area contributed by atoms with Crippen molar-refractivity contribution in [1.29, 1.82) is 0 Å². The number of hydrogen-bond acceptors (Lipinski definition) is 3. The van der Waals surface area contributed by atoms with Crippen LogP contribution in [0.15, 0.2) is 18.2 Å². The van der Waals surface area contributed by atoms with Crippen molar-refractivity contribution in [3.8, 4) is 0 Å². The van der Waals surface area contributed by atoms with Crippen molar-refractivity contribution in [3.05, 3.63) is 29.3 Å². The number of anilines is 1. The van der Waals surface area contributed by atoms with E-state index in [9.17, 15) is 9.90 Å². The highest BCUT2D eigenvalue weighted by molar-refractivity contribution is 8.00. The molecule has 0 amide bonds. The summed E-state index contributed by atoms with van der Waals surface area (Å²) in [5.74, 6) is 0.420. The second kappa shape index (κ2) is 5.08. The number of carboxylic acids is 1. The summed E-state index contributed by atoms with van der Waals surface area (Å²) in [6.07, 6.45) is 3.16. The van der Waals surface area contributed by atoms with Gasteiger partial charge >= 0.3 is 5.97 Å². The monoisotopic (exact) mass is 277 g/mol. The number of carboxylic acid groups (broad SMARTS) is 1. The van der Waals surface area contributed by atoms with Crippen LogP contribution in [0.3, 0.4) is 0 Å². The molecule has 2 aliphatic heterocycles. The van der Waals surface area contributed by atoms with Crippen LogP contribution in [0.4, 0.5) is 5.69 Å². The minimum atomic E-state index is -0.799. The van der Waals surface area contributed by atoms with E-state index < -0.39 is 5.97 Å². The summed E-state index contributed by atoms with van der Waals surface area (Å²) in [5, 5.41) is 9.96. The Hall–Kier alpha value is -1.16. The van der Waals surface area contributed by atoms with Crippen molar-refractivity contribution >= 4 is 23.4 Å². The first-order valence-electron chi connectivity index (χ1n) is 6.92. The fourth-order valence-electron chi connectivity index (χ4n) is 3.33. The summed E-state index contributed by atoms with van der Waals surface area (Å²) in [6, 6.07) is 6.27. The molecule has 0 aliphatic carbocycles. The van der Waals surface area contributed by atoms with Crippen LogP contribution in [0, 0.1) is 0 Å². The maximum atomic E-state index is 11.3. The number of aromatic carboxylic acids is 1. The van der Waals surface area contributed by atoms with Crippen molar-refractivity contribution in [1.82, 2.24) is 0 Å². The van der Waals surface area contributed by atoms with Crippen molar-refractivity contribution in [3.63, 3.8) is 0 Å². The zero-order chi connectivity index (χ0) is 13.4. The van der Waals surface area contributed by atoms with Gasteiger partial charge in [0.2, 0.25) is 0 Å². The van der Waals surface area contributed by atoms with E-state index in [-0.39, 0.29) is 0 Å². The van der Waals surface area contributed by atoms with Gasteiger partial charge in [-0.2, -0.15) is 11.8 Å². The summed E-state index contributed by atoms with van der Waals surface area (Å²) < 4.78 is 0. The molecule has 2 atom stereocenters. The van der Waals surface area contributed by atoms with Crippen LogP contribution in [0.1, 0.15) is 35.7 Å². The van der Waals surface area contributed by atoms with E-state index in [4.69, 9.17) is 0 Å². The summed E-state index contributed by atoms with van der Waals surface area (Å²) in [5.41, 5.74) is 2.68. The van der Waals surface area contributed by atoms with E-state index in [2.05, 4.69) is 17.9 Å². The Kier molecular flexibility index (Phi) is 3.44. The molecule has 1 fully saturated rings. The zero-order valence-corrected chi connectivity index (χ0v) is 11.9. The Morgan fingerprint density at radius 3 is 3.00 bits per heavy atom. The normalized spacial score (nSPS) is 26.3. The molecule has 2 aliphatic rings. The topological polar surface area (TPSA) is 40.5 Å². The maximum Gasteiger partial charge on any atom is 0.336 e. The lowest BCUT2D eigenvalue weighted by molar-refractivity contribution is 0.0695. The summed E-state index contributed by atoms with van der Waals surface area (Å²) >= 11 is 2.03. The number of thioether (sulfide) groups is 1. The Labute approximate surface area is 118 Å². The Bertz CT molecular complexity index is 503. The van der Waals surface area contributed by atoms with E-state index >= 15 is 0 Å². The van der Waals surface area contributed by atoms with E-state index in [0.29, 0.717) is 16.9 Å². The van der Waals surface area contributed by atoms with Crippen LogP contribution in [0.2, 0.25) is 0 Å². The zero-order valence-electron chi connectivity index (χ0n) is 11.1. The Morgan fingerprint density at radius 2 is 2.32 bits per heavy atom. The fraction of sp³-hybridized carbons (Fsp3) is 0.533. The van der Waals surface area contributed by atoms with E-state index in [1.54, 1.807) is 6.07 Å². The van der Waals surface area contributed by atoms with Gasteiger partial charge in [-0.15, -0.1) is 0 Å². The lowest BCUT2D eigenvalue weighted by atomic mass is 9.94. The number of hydrogen-bond donors (Lipinski definition) is 1. The second-order valence-electron chi connectivity index (χ2n) is 5.34. The Balaban J connectivity index is 2.00. The minimum Gasteiger partial charge on any atom is -0.478 e. The third kappa shape index (κ3) is 2.22. The van der Waals surface area contributed by atoms with Gasteiger partial charge in [-0.25, -0.2) is 4.79 Å². The maximum absolute atomic E-state index is 11.3. The molecular weight excluding hydrogens is 258 g/mol. The third-order valence-electron chi connectivity index (χ3n) is 4.25. The van der Waals surface area contributed by atoms with Gasteiger partial charge in [0.15, 0.2) is 0 Å². The molecule has 1 saturated heterocycles. The highest BCUT2D eigenvalue weighted by atomic mass is 32.2. The van der Waals surface area contributed by atoms with Gasteiger partial charge in [0.1, 0.15) is 0 Å². The lowest BCUT2D eigenvalue weighted by Gasteiger charge is -2.38. The lowest BCUT2D eigenvalue weighted by Crippen LogP contribution is -2.42. The third-order valence-corrected chi connectivity index (χ3v) is 5.56. The number of benzene rings is 1. The number of carbonyl (C=O) groups is 1. The molecule has 0 radical (unpaired) electrons. The van der Waals surface area contributed by atoms with Gasteiger partial charge in [0.25, 0.3) is 0 Å². The first-order chi connectivity index (χ1) is 9.18. The molecule has 19 heavy (non-hydrogen) atoms. The van der Waals surface area contributed by atoms with Gasteiger partial charge in [-0.3, -0.25) is 0 Å². The van der Waals surface area contributed by atoms with Gasteiger partial charge in [-0.05, 0) is 42.7 Å². The van der Waals surface area contributed by atoms with Gasteiger partial charge < -0.3 is 10.0 Å². The molecule has 0 saturated carbocycles. The number of fused-ring (bicyclic) bond motifs is 1. The van der Waals surface area contributed by atoms with Crippen LogP contribution < -0.4 is 4.90 Å². The van der Waals surface area contributed by atoms with Crippen LogP contribution in [-0.4, -0.2) is 34.7 Å². The summed E-state index contributed by atoms with van der Waals surface area (Å²) in [7, 11) is 0. The van der Waals surface area contributed by atoms with Crippen molar-refractivity contribution < 1.29 is 9.90 Å². The largest absolute Gasteiger partial charge is 0.478 e. The van der Waals surface area contributed by atoms with Crippen LogP contribution >= 0.6 is 11.8 Å². The van der Waals surface area contributed by atoms with Gasteiger partial charge in [0.05, 0.1) is 5.56 Å². The van der Waals surface area contributed by atoms with E-state index in [1.165, 1.54) is 12.2 Å². The van der Waals surface area contributed by atoms with Gasteiger partial charge in [-0.1, -0.05) is 13.0 Å². The molecule has 3 nitrogen and oxygen atoms in total. The quantitative estimate of drug-likeness (QED) is 0.902. The number of rotatable bonds is 2. The Morgan fingerprint density at radius 1 is 1.47 bits per heavy atom. The highest BCUT2D eigenvalue weighted by Gasteiger charge is 2.33. The summed E-state index contributed by atoms with van der Waals surface area (Å²) in [4.78, 5) is 13.8. The minimum absolute atomic E-state index is 0.487. The molecule has 1 N–H and O–H groups in total. The van der Waals surface area contributed by atoms with Crippen LogP contribution in [0.25, 0.3) is 0 Å². The molecule has 2 unspecified atom stereocenters.